The van der Waals surface area contributed by atoms with Crippen LogP contribution in [-0.4, -0.2) is 19.8 Å². The summed E-state index contributed by atoms with van der Waals surface area (Å²) < 4.78 is 11.8. The smallest absolute Gasteiger partial charge is 0.120 e. The van der Waals surface area contributed by atoms with Gasteiger partial charge in [0.05, 0.1) is 19.8 Å². The molecule has 0 spiro atoms. The lowest BCUT2D eigenvalue weighted by Crippen LogP contribution is -2.42. The minimum absolute atomic E-state index is 0.346. The Morgan fingerprint density at radius 3 is 2.16 bits per heavy atom. The summed E-state index contributed by atoms with van der Waals surface area (Å²) in [5.41, 5.74) is 2.12. The Morgan fingerprint density at radius 1 is 0.842 bits per heavy atom. The quantitative estimate of drug-likeness (QED) is 0.837. The number of benzene rings is 2. The van der Waals surface area contributed by atoms with E-state index in [1.807, 2.05) is 12.1 Å². The number of ether oxygens (including phenoxy) is 2. The summed E-state index contributed by atoms with van der Waals surface area (Å²) in [6.45, 7) is 1.96. The lowest BCUT2D eigenvalue weighted by Gasteiger charge is -2.37. The molecule has 0 aliphatic carbocycles. The van der Waals surface area contributed by atoms with E-state index in [1.54, 1.807) is 0 Å². The minimum Gasteiger partial charge on any atom is -0.376 e. The lowest BCUT2D eigenvalue weighted by atomic mass is 9.87. The SMILES string of the molecule is c1ccc(CC2(c3ccccc3)COCCO2)cc1. The fourth-order valence-corrected chi connectivity index (χ4v) is 2.61. The molecule has 0 amide bonds. The molecule has 3 rings (SSSR count). The molecule has 2 nitrogen and oxygen atoms in total. The van der Waals surface area contributed by atoms with E-state index >= 15 is 0 Å². The highest BCUT2D eigenvalue weighted by atomic mass is 16.6. The maximum absolute atomic E-state index is 6.13. The number of hydrogen-bond donors (Lipinski definition) is 0. The van der Waals surface area contributed by atoms with Gasteiger partial charge in [-0.15, -0.1) is 0 Å². The molecule has 0 bridgehead atoms. The van der Waals surface area contributed by atoms with E-state index in [4.69, 9.17) is 9.47 Å². The molecule has 98 valence electrons. The van der Waals surface area contributed by atoms with E-state index in [0.29, 0.717) is 19.8 Å². The molecule has 0 N–H and O–H groups in total. The highest BCUT2D eigenvalue weighted by molar-refractivity contribution is 5.27. The molecule has 2 aromatic carbocycles. The van der Waals surface area contributed by atoms with Gasteiger partial charge in [0.2, 0.25) is 0 Å². The molecule has 0 aromatic heterocycles. The molecule has 1 aliphatic rings. The van der Waals surface area contributed by atoms with E-state index < -0.39 is 0 Å². The predicted molar refractivity (Wildman–Crippen MR) is 75.0 cm³/mol. The van der Waals surface area contributed by atoms with E-state index in [9.17, 15) is 0 Å². The van der Waals surface area contributed by atoms with Crippen molar-refractivity contribution in [3.8, 4) is 0 Å². The van der Waals surface area contributed by atoms with Crippen LogP contribution in [0.3, 0.4) is 0 Å². The third-order valence-corrected chi connectivity index (χ3v) is 3.57. The Labute approximate surface area is 114 Å². The number of rotatable bonds is 3. The summed E-state index contributed by atoms with van der Waals surface area (Å²) in [5, 5.41) is 0. The van der Waals surface area contributed by atoms with Crippen molar-refractivity contribution in [1.29, 1.82) is 0 Å². The van der Waals surface area contributed by atoms with Crippen LogP contribution >= 0.6 is 0 Å². The van der Waals surface area contributed by atoms with E-state index in [1.165, 1.54) is 11.1 Å². The van der Waals surface area contributed by atoms with Gasteiger partial charge >= 0.3 is 0 Å². The second-order valence-electron chi connectivity index (χ2n) is 4.92. The fourth-order valence-electron chi connectivity index (χ4n) is 2.61. The molecule has 0 saturated carbocycles. The topological polar surface area (TPSA) is 18.5 Å². The normalized spacial score (nSPS) is 23.2. The van der Waals surface area contributed by atoms with Crippen LogP contribution in [-0.2, 0) is 21.5 Å². The zero-order chi connectivity index (χ0) is 13.0. The van der Waals surface area contributed by atoms with Crippen molar-refractivity contribution in [2.45, 2.75) is 12.0 Å². The molecule has 19 heavy (non-hydrogen) atoms. The fraction of sp³-hybridized carbons (Fsp3) is 0.294. The molecule has 2 heteroatoms. The summed E-state index contributed by atoms with van der Waals surface area (Å²) in [6, 6.07) is 20.8. The first-order valence-electron chi connectivity index (χ1n) is 6.70. The third-order valence-electron chi connectivity index (χ3n) is 3.57. The average molecular weight is 254 g/mol. The maximum atomic E-state index is 6.13. The van der Waals surface area contributed by atoms with Crippen LogP contribution in [0.25, 0.3) is 0 Å². The van der Waals surface area contributed by atoms with Crippen molar-refractivity contribution in [2.75, 3.05) is 19.8 Å². The molecule has 1 aliphatic heterocycles. The van der Waals surface area contributed by atoms with Crippen molar-refractivity contribution in [2.24, 2.45) is 0 Å². The second kappa shape index (κ2) is 5.55. The van der Waals surface area contributed by atoms with Gasteiger partial charge in [0.15, 0.2) is 0 Å². The van der Waals surface area contributed by atoms with Gasteiger partial charge in [0.25, 0.3) is 0 Å². The van der Waals surface area contributed by atoms with Crippen molar-refractivity contribution in [3.63, 3.8) is 0 Å². The third kappa shape index (κ3) is 2.70. The molecule has 1 saturated heterocycles. The first-order chi connectivity index (χ1) is 9.39. The summed E-state index contributed by atoms with van der Waals surface area (Å²) in [7, 11) is 0. The zero-order valence-electron chi connectivity index (χ0n) is 10.9. The van der Waals surface area contributed by atoms with Crippen molar-refractivity contribution >= 4 is 0 Å². The Balaban J connectivity index is 1.93. The van der Waals surface area contributed by atoms with E-state index in [-0.39, 0.29) is 5.60 Å². The molecule has 1 atom stereocenters. The molecule has 2 aromatic rings. The highest BCUT2D eigenvalue weighted by Crippen LogP contribution is 2.32. The molecule has 0 radical (unpaired) electrons. The van der Waals surface area contributed by atoms with Crippen molar-refractivity contribution < 1.29 is 9.47 Å². The van der Waals surface area contributed by atoms with Crippen LogP contribution < -0.4 is 0 Å². The summed E-state index contributed by atoms with van der Waals surface area (Å²) >= 11 is 0. The first-order valence-corrected chi connectivity index (χ1v) is 6.70. The molecule has 1 fully saturated rings. The van der Waals surface area contributed by atoms with Crippen molar-refractivity contribution in [1.82, 2.24) is 0 Å². The summed E-state index contributed by atoms with van der Waals surface area (Å²) in [6.07, 6.45) is 0.845. The standard InChI is InChI=1S/C17H18O2/c1-3-7-15(8-4-1)13-17(14-18-11-12-19-17)16-9-5-2-6-10-16/h1-10H,11-14H2. The first kappa shape index (κ1) is 12.4. The van der Waals surface area contributed by atoms with Gasteiger partial charge in [-0.3, -0.25) is 0 Å². The Bertz CT molecular complexity index is 501. The molecule has 1 unspecified atom stereocenters. The van der Waals surface area contributed by atoms with E-state index in [0.717, 1.165) is 6.42 Å². The summed E-state index contributed by atoms with van der Waals surface area (Å²) in [5.74, 6) is 0. The van der Waals surface area contributed by atoms with Gasteiger partial charge in [0.1, 0.15) is 5.60 Å². The van der Waals surface area contributed by atoms with Gasteiger partial charge in [-0.2, -0.15) is 0 Å². The zero-order valence-corrected chi connectivity index (χ0v) is 10.9. The molecular formula is C17H18O2. The van der Waals surface area contributed by atoms with Crippen LogP contribution in [0.5, 0.6) is 0 Å². The van der Waals surface area contributed by atoms with Gasteiger partial charge in [-0.1, -0.05) is 60.7 Å². The Morgan fingerprint density at radius 2 is 1.53 bits per heavy atom. The van der Waals surface area contributed by atoms with Crippen LogP contribution in [0.1, 0.15) is 11.1 Å². The monoisotopic (exact) mass is 254 g/mol. The average Bonchev–Trinajstić information content (AvgIpc) is 2.50. The second-order valence-corrected chi connectivity index (χ2v) is 4.92. The van der Waals surface area contributed by atoms with Crippen LogP contribution in [0.4, 0.5) is 0 Å². The van der Waals surface area contributed by atoms with E-state index in [2.05, 4.69) is 48.5 Å². The molecule has 1 heterocycles. The Kier molecular flexibility index (Phi) is 3.62. The van der Waals surface area contributed by atoms with Crippen LogP contribution in [0, 0.1) is 0 Å². The van der Waals surface area contributed by atoms with Crippen LogP contribution in [0.2, 0.25) is 0 Å². The van der Waals surface area contributed by atoms with Gasteiger partial charge in [-0.05, 0) is 11.1 Å². The van der Waals surface area contributed by atoms with Gasteiger partial charge < -0.3 is 9.47 Å². The largest absolute Gasteiger partial charge is 0.376 e. The number of hydrogen-bond acceptors (Lipinski definition) is 2. The molecular weight excluding hydrogens is 236 g/mol. The summed E-state index contributed by atoms with van der Waals surface area (Å²) in [4.78, 5) is 0. The minimum atomic E-state index is -0.346. The highest BCUT2D eigenvalue weighted by Gasteiger charge is 2.36. The lowest BCUT2D eigenvalue weighted by molar-refractivity contribution is -0.162. The van der Waals surface area contributed by atoms with Gasteiger partial charge in [-0.25, -0.2) is 0 Å². The van der Waals surface area contributed by atoms with Crippen molar-refractivity contribution in [3.05, 3.63) is 71.8 Å². The van der Waals surface area contributed by atoms with Crippen LogP contribution in [0.15, 0.2) is 60.7 Å². The van der Waals surface area contributed by atoms with Gasteiger partial charge in [0, 0.05) is 6.42 Å². The maximum Gasteiger partial charge on any atom is 0.120 e. The predicted octanol–water partition coefficient (Wildman–Crippen LogP) is 3.17. The Hall–Kier alpha value is -1.64.